The molecule has 1 heterocycles. The van der Waals surface area contributed by atoms with Crippen LogP contribution in [0.5, 0.6) is 0 Å². The Morgan fingerprint density at radius 3 is 2.85 bits per heavy atom. The first-order valence-corrected chi connectivity index (χ1v) is 7.76. The van der Waals surface area contributed by atoms with E-state index in [1.165, 1.54) is 7.11 Å². The molecule has 0 aromatic rings. The van der Waals surface area contributed by atoms with Crippen LogP contribution in [0.25, 0.3) is 0 Å². The summed E-state index contributed by atoms with van der Waals surface area (Å²) in [5.74, 6) is -0.164. The molecule has 0 amide bonds. The van der Waals surface area contributed by atoms with Crippen LogP contribution in [0.3, 0.4) is 0 Å². The van der Waals surface area contributed by atoms with Crippen molar-refractivity contribution in [3.8, 4) is 0 Å². The number of hydrogen-bond donors (Lipinski definition) is 1. The molecule has 0 aromatic heterocycles. The first kappa shape index (κ1) is 17.4. The fourth-order valence-electron chi connectivity index (χ4n) is 2.71. The summed E-state index contributed by atoms with van der Waals surface area (Å²) >= 11 is 0. The normalized spacial score (nSPS) is 20.1. The highest BCUT2D eigenvalue weighted by Gasteiger charge is 2.32. The number of rotatable bonds is 8. The van der Waals surface area contributed by atoms with Crippen molar-refractivity contribution in [2.75, 3.05) is 46.5 Å². The van der Waals surface area contributed by atoms with Crippen molar-refractivity contribution in [3.05, 3.63) is 0 Å². The lowest BCUT2D eigenvalue weighted by Crippen LogP contribution is -2.50. The van der Waals surface area contributed by atoms with Crippen molar-refractivity contribution in [2.24, 2.45) is 0 Å². The van der Waals surface area contributed by atoms with Gasteiger partial charge in [-0.15, -0.1) is 0 Å². The van der Waals surface area contributed by atoms with Gasteiger partial charge in [0.15, 0.2) is 0 Å². The molecule has 0 bridgehead atoms. The van der Waals surface area contributed by atoms with Crippen molar-refractivity contribution >= 4 is 5.97 Å². The maximum atomic E-state index is 11.9. The van der Waals surface area contributed by atoms with E-state index < -0.39 is 5.54 Å². The van der Waals surface area contributed by atoms with Gasteiger partial charge in [-0.3, -0.25) is 4.79 Å². The summed E-state index contributed by atoms with van der Waals surface area (Å²) in [6.07, 6.45) is 4.07. The monoisotopic (exact) mass is 286 g/mol. The smallest absolute Gasteiger partial charge is 0.325 e. The van der Waals surface area contributed by atoms with Gasteiger partial charge in [0.05, 0.1) is 13.7 Å². The topological polar surface area (TPSA) is 50.8 Å². The summed E-state index contributed by atoms with van der Waals surface area (Å²) in [6.45, 7) is 9.69. The van der Waals surface area contributed by atoms with Crippen LogP contribution < -0.4 is 5.32 Å². The minimum atomic E-state index is -0.550. The quantitative estimate of drug-likeness (QED) is 0.540. The minimum Gasteiger partial charge on any atom is -0.468 e. The Balaban J connectivity index is 2.27. The molecule has 0 saturated carbocycles. The molecular weight excluding hydrogens is 256 g/mol. The molecule has 1 aliphatic rings. The highest BCUT2D eigenvalue weighted by Crippen LogP contribution is 2.16. The number of carbonyl (C=O) groups excluding carboxylic acids is 1. The number of esters is 1. The third-order valence-corrected chi connectivity index (χ3v) is 3.92. The van der Waals surface area contributed by atoms with Crippen LogP contribution in [0.4, 0.5) is 0 Å². The SMILES string of the molecule is CCNC(C)(CCCCN1CCCOCC1)C(=O)OC. The van der Waals surface area contributed by atoms with Crippen LogP contribution in [0, 0.1) is 0 Å². The van der Waals surface area contributed by atoms with Gasteiger partial charge in [-0.1, -0.05) is 6.92 Å². The van der Waals surface area contributed by atoms with Crippen LogP contribution in [-0.2, 0) is 14.3 Å². The Bertz CT molecular complexity index is 278. The molecule has 0 aliphatic carbocycles. The van der Waals surface area contributed by atoms with Crippen molar-refractivity contribution in [1.29, 1.82) is 0 Å². The first-order chi connectivity index (χ1) is 9.62. The molecule has 1 atom stereocenters. The predicted octanol–water partition coefficient (Wildman–Crippen LogP) is 1.42. The van der Waals surface area contributed by atoms with E-state index in [-0.39, 0.29) is 5.97 Å². The van der Waals surface area contributed by atoms with E-state index >= 15 is 0 Å². The molecule has 5 nitrogen and oxygen atoms in total. The van der Waals surface area contributed by atoms with Crippen molar-refractivity contribution in [1.82, 2.24) is 10.2 Å². The molecule has 0 spiro atoms. The standard InChI is InChI=1S/C15H30N2O3/c1-4-16-15(2,14(18)19-3)8-5-6-9-17-10-7-12-20-13-11-17/h16H,4-13H2,1-3H3. The second kappa shape index (κ2) is 9.32. The molecule has 20 heavy (non-hydrogen) atoms. The van der Waals surface area contributed by atoms with Crippen LogP contribution in [-0.4, -0.2) is 62.9 Å². The minimum absolute atomic E-state index is 0.164. The summed E-state index contributed by atoms with van der Waals surface area (Å²) in [4.78, 5) is 14.3. The molecule has 1 rings (SSSR count). The largest absolute Gasteiger partial charge is 0.468 e. The van der Waals surface area contributed by atoms with E-state index in [1.807, 2.05) is 13.8 Å². The van der Waals surface area contributed by atoms with Gasteiger partial charge in [0, 0.05) is 19.7 Å². The lowest BCUT2D eigenvalue weighted by Gasteiger charge is -2.28. The Kier molecular flexibility index (Phi) is 8.11. The highest BCUT2D eigenvalue weighted by molar-refractivity contribution is 5.80. The molecule has 1 saturated heterocycles. The van der Waals surface area contributed by atoms with Crippen LogP contribution >= 0.6 is 0 Å². The average Bonchev–Trinajstić information content (AvgIpc) is 2.71. The Morgan fingerprint density at radius 2 is 2.15 bits per heavy atom. The van der Waals surface area contributed by atoms with Crippen LogP contribution in [0.1, 0.15) is 39.5 Å². The number of methoxy groups -OCH3 is 1. The van der Waals surface area contributed by atoms with Crippen LogP contribution in [0.2, 0.25) is 0 Å². The van der Waals surface area contributed by atoms with E-state index in [0.29, 0.717) is 0 Å². The molecule has 1 N–H and O–H groups in total. The van der Waals surface area contributed by atoms with E-state index in [0.717, 1.165) is 65.1 Å². The zero-order valence-electron chi connectivity index (χ0n) is 13.2. The fourth-order valence-corrected chi connectivity index (χ4v) is 2.71. The van der Waals surface area contributed by atoms with E-state index in [9.17, 15) is 4.79 Å². The number of ether oxygens (including phenoxy) is 2. The summed E-state index contributed by atoms with van der Waals surface area (Å²) in [5, 5.41) is 3.25. The number of nitrogens with one attached hydrogen (secondary N) is 1. The van der Waals surface area contributed by atoms with E-state index in [1.54, 1.807) is 0 Å². The van der Waals surface area contributed by atoms with Crippen molar-refractivity contribution < 1.29 is 14.3 Å². The number of hydrogen-bond acceptors (Lipinski definition) is 5. The predicted molar refractivity (Wildman–Crippen MR) is 79.8 cm³/mol. The first-order valence-electron chi connectivity index (χ1n) is 7.76. The molecule has 0 aromatic carbocycles. The lowest BCUT2D eigenvalue weighted by atomic mass is 9.94. The zero-order valence-corrected chi connectivity index (χ0v) is 13.2. The lowest BCUT2D eigenvalue weighted by molar-refractivity contribution is -0.148. The molecule has 1 fully saturated rings. The van der Waals surface area contributed by atoms with E-state index in [4.69, 9.17) is 9.47 Å². The van der Waals surface area contributed by atoms with Crippen molar-refractivity contribution in [2.45, 2.75) is 45.1 Å². The summed E-state index contributed by atoms with van der Waals surface area (Å²) in [5.41, 5.74) is -0.550. The molecule has 1 unspecified atom stereocenters. The van der Waals surface area contributed by atoms with Gasteiger partial charge >= 0.3 is 5.97 Å². The second-order valence-electron chi connectivity index (χ2n) is 5.62. The van der Waals surface area contributed by atoms with Crippen molar-refractivity contribution in [3.63, 3.8) is 0 Å². The number of carbonyl (C=O) groups is 1. The number of unbranched alkanes of at least 4 members (excludes halogenated alkanes) is 1. The third kappa shape index (κ3) is 5.77. The van der Waals surface area contributed by atoms with Gasteiger partial charge in [-0.2, -0.15) is 0 Å². The Morgan fingerprint density at radius 1 is 1.35 bits per heavy atom. The zero-order chi connectivity index (χ0) is 14.8. The van der Waals surface area contributed by atoms with Gasteiger partial charge in [0.2, 0.25) is 0 Å². The molecule has 5 heteroatoms. The number of likely N-dealkylation sites (N-methyl/N-ethyl adjacent to an activating group) is 1. The Hall–Kier alpha value is -0.650. The summed E-state index contributed by atoms with van der Waals surface area (Å²) < 4.78 is 10.4. The number of nitrogens with zero attached hydrogens (tertiary/aromatic N) is 1. The van der Waals surface area contributed by atoms with Gasteiger partial charge in [-0.05, 0) is 45.7 Å². The summed E-state index contributed by atoms with van der Waals surface area (Å²) in [6, 6.07) is 0. The van der Waals surface area contributed by atoms with E-state index in [2.05, 4.69) is 10.2 Å². The maximum absolute atomic E-state index is 11.9. The van der Waals surface area contributed by atoms with Gasteiger partial charge in [0.1, 0.15) is 5.54 Å². The molecular formula is C15H30N2O3. The Labute approximate surface area is 123 Å². The molecule has 1 aliphatic heterocycles. The van der Waals surface area contributed by atoms with Gasteiger partial charge in [-0.25, -0.2) is 0 Å². The average molecular weight is 286 g/mol. The molecule has 118 valence electrons. The van der Waals surface area contributed by atoms with Crippen LogP contribution in [0.15, 0.2) is 0 Å². The summed E-state index contributed by atoms with van der Waals surface area (Å²) in [7, 11) is 1.45. The van der Waals surface area contributed by atoms with Gasteiger partial charge < -0.3 is 19.7 Å². The maximum Gasteiger partial charge on any atom is 0.325 e. The highest BCUT2D eigenvalue weighted by atomic mass is 16.5. The second-order valence-corrected chi connectivity index (χ2v) is 5.62. The third-order valence-electron chi connectivity index (χ3n) is 3.92. The van der Waals surface area contributed by atoms with Gasteiger partial charge in [0.25, 0.3) is 0 Å². The fraction of sp³-hybridized carbons (Fsp3) is 0.933. The molecule has 0 radical (unpaired) electrons.